The van der Waals surface area contributed by atoms with Crippen LogP contribution in [0.1, 0.15) is 36.7 Å². The van der Waals surface area contributed by atoms with Crippen molar-refractivity contribution < 1.29 is 14.6 Å². The Kier molecular flexibility index (Phi) is 6.85. The van der Waals surface area contributed by atoms with E-state index in [0.29, 0.717) is 26.3 Å². The highest BCUT2D eigenvalue weighted by atomic mass is 16.5. The van der Waals surface area contributed by atoms with Crippen LogP contribution in [0.3, 0.4) is 0 Å². The molecule has 1 rings (SSSR count). The fourth-order valence-electron chi connectivity index (χ4n) is 1.77. The Morgan fingerprint density at radius 2 is 1.85 bits per heavy atom. The number of carbonyl (C=O) groups is 1. The van der Waals surface area contributed by atoms with Crippen molar-refractivity contribution in [3.63, 3.8) is 0 Å². The van der Waals surface area contributed by atoms with Crippen LogP contribution < -0.4 is 5.32 Å². The highest BCUT2D eigenvalue weighted by Crippen LogP contribution is 2.22. The van der Waals surface area contributed by atoms with Crippen LogP contribution in [0.4, 0.5) is 0 Å². The molecule has 0 saturated carbocycles. The number of ether oxygens (including phenoxy) is 1. The third-order valence-corrected chi connectivity index (χ3v) is 3.02. The first-order chi connectivity index (χ1) is 9.45. The third kappa shape index (κ3) is 5.82. The molecule has 0 aliphatic heterocycles. The Morgan fingerprint density at radius 3 is 2.40 bits per heavy atom. The van der Waals surface area contributed by atoms with Gasteiger partial charge in [-0.1, -0.05) is 45.0 Å². The number of aliphatic hydroxyl groups is 1. The molecule has 0 aromatic heterocycles. The molecule has 0 heterocycles. The molecule has 0 fully saturated rings. The van der Waals surface area contributed by atoms with Crippen molar-refractivity contribution in [2.75, 3.05) is 32.9 Å². The van der Waals surface area contributed by atoms with Gasteiger partial charge < -0.3 is 15.2 Å². The number of Topliss-reactive ketones (excluding diaryl/α,β-unsaturated/α-hetero) is 1. The van der Waals surface area contributed by atoms with Crippen molar-refractivity contribution >= 4 is 5.78 Å². The smallest absolute Gasteiger partial charge is 0.176 e. The molecule has 0 spiro atoms. The minimum atomic E-state index is 0.0268. The van der Waals surface area contributed by atoms with E-state index in [-0.39, 0.29) is 17.8 Å². The maximum atomic E-state index is 12.0. The zero-order chi connectivity index (χ0) is 15.0. The number of carbonyl (C=O) groups excluding carboxylic acids is 1. The summed E-state index contributed by atoms with van der Waals surface area (Å²) in [7, 11) is 0. The summed E-state index contributed by atoms with van der Waals surface area (Å²) in [5.74, 6) is 0.0765. The minimum absolute atomic E-state index is 0.0268. The summed E-state index contributed by atoms with van der Waals surface area (Å²) >= 11 is 0. The second-order valence-electron chi connectivity index (χ2n) is 5.76. The van der Waals surface area contributed by atoms with E-state index < -0.39 is 0 Å². The van der Waals surface area contributed by atoms with Gasteiger partial charge in [0, 0.05) is 12.1 Å². The number of nitrogens with one attached hydrogen (secondary N) is 1. The Morgan fingerprint density at radius 1 is 1.20 bits per heavy atom. The number of aliphatic hydroxyl groups excluding tert-OH is 1. The topological polar surface area (TPSA) is 58.6 Å². The first kappa shape index (κ1) is 16.8. The lowest BCUT2D eigenvalue weighted by molar-refractivity contribution is 0.0906. The molecule has 4 nitrogen and oxygen atoms in total. The zero-order valence-corrected chi connectivity index (χ0v) is 12.6. The molecule has 1 aromatic carbocycles. The van der Waals surface area contributed by atoms with Crippen LogP contribution in [0.25, 0.3) is 0 Å². The van der Waals surface area contributed by atoms with E-state index in [1.54, 1.807) is 0 Å². The maximum absolute atomic E-state index is 12.0. The summed E-state index contributed by atoms with van der Waals surface area (Å²) in [5, 5.41) is 11.6. The minimum Gasteiger partial charge on any atom is -0.394 e. The van der Waals surface area contributed by atoms with E-state index in [0.717, 1.165) is 5.56 Å². The molecule has 0 radical (unpaired) electrons. The van der Waals surface area contributed by atoms with Gasteiger partial charge in [-0.2, -0.15) is 0 Å². The normalized spacial score (nSPS) is 11.6. The monoisotopic (exact) mass is 279 g/mol. The van der Waals surface area contributed by atoms with Gasteiger partial charge in [-0.3, -0.25) is 4.79 Å². The fraction of sp³-hybridized carbons (Fsp3) is 0.562. The molecular weight excluding hydrogens is 254 g/mol. The molecular formula is C16H25NO3. The van der Waals surface area contributed by atoms with Crippen molar-refractivity contribution in [1.82, 2.24) is 5.32 Å². The molecule has 4 heteroatoms. The van der Waals surface area contributed by atoms with Gasteiger partial charge in [0.15, 0.2) is 5.78 Å². The number of hydrogen-bond acceptors (Lipinski definition) is 4. The van der Waals surface area contributed by atoms with Gasteiger partial charge in [-0.15, -0.1) is 0 Å². The Hall–Kier alpha value is -1.23. The number of ketones is 1. The average molecular weight is 279 g/mol. The quantitative estimate of drug-likeness (QED) is 0.562. The van der Waals surface area contributed by atoms with E-state index in [9.17, 15) is 4.79 Å². The number of benzene rings is 1. The average Bonchev–Trinajstić information content (AvgIpc) is 2.41. The molecule has 20 heavy (non-hydrogen) atoms. The molecule has 0 atom stereocenters. The molecule has 112 valence electrons. The van der Waals surface area contributed by atoms with Crippen LogP contribution in [0.5, 0.6) is 0 Å². The van der Waals surface area contributed by atoms with E-state index in [1.807, 2.05) is 24.3 Å². The number of rotatable bonds is 8. The van der Waals surface area contributed by atoms with Crippen molar-refractivity contribution in [3.05, 3.63) is 35.4 Å². The molecule has 0 saturated heterocycles. The van der Waals surface area contributed by atoms with Gasteiger partial charge in [0.05, 0.1) is 26.4 Å². The van der Waals surface area contributed by atoms with Crippen LogP contribution in [-0.4, -0.2) is 43.8 Å². The van der Waals surface area contributed by atoms with E-state index in [4.69, 9.17) is 9.84 Å². The van der Waals surface area contributed by atoms with Crippen molar-refractivity contribution in [3.8, 4) is 0 Å². The first-order valence-corrected chi connectivity index (χ1v) is 6.98. The highest BCUT2D eigenvalue weighted by molar-refractivity contribution is 5.97. The third-order valence-electron chi connectivity index (χ3n) is 3.02. The molecule has 1 aromatic rings. The summed E-state index contributed by atoms with van der Waals surface area (Å²) in [6, 6.07) is 7.79. The molecule has 0 aliphatic rings. The summed E-state index contributed by atoms with van der Waals surface area (Å²) in [4.78, 5) is 12.0. The predicted molar refractivity (Wildman–Crippen MR) is 80.2 cm³/mol. The summed E-state index contributed by atoms with van der Waals surface area (Å²) in [6.07, 6.45) is 0. The second-order valence-corrected chi connectivity index (χ2v) is 5.76. The van der Waals surface area contributed by atoms with Gasteiger partial charge in [0.25, 0.3) is 0 Å². The SMILES string of the molecule is CC(C)(C)c1ccc(C(=O)CNCCOCCO)cc1. The predicted octanol–water partition coefficient (Wildman–Crippen LogP) is 1.77. The lowest BCUT2D eigenvalue weighted by Gasteiger charge is -2.19. The van der Waals surface area contributed by atoms with Crippen molar-refractivity contribution in [1.29, 1.82) is 0 Å². The summed E-state index contributed by atoms with van der Waals surface area (Å²) in [5.41, 5.74) is 2.05. The van der Waals surface area contributed by atoms with Crippen molar-refractivity contribution in [2.24, 2.45) is 0 Å². The standard InChI is InChI=1S/C16H25NO3/c1-16(2,3)14-6-4-13(5-7-14)15(19)12-17-8-10-20-11-9-18/h4-7,17-18H,8-12H2,1-3H3. The molecule has 2 N–H and O–H groups in total. The Bertz CT molecular complexity index is 407. The van der Waals surface area contributed by atoms with Gasteiger partial charge in [0.1, 0.15) is 0 Å². The van der Waals surface area contributed by atoms with Gasteiger partial charge >= 0.3 is 0 Å². The Labute approximate surface area is 121 Å². The van der Waals surface area contributed by atoms with Crippen molar-refractivity contribution in [2.45, 2.75) is 26.2 Å². The lowest BCUT2D eigenvalue weighted by Crippen LogP contribution is -2.27. The van der Waals surface area contributed by atoms with E-state index in [1.165, 1.54) is 5.56 Å². The van der Waals surface area contributed by atoms with E-state index in [2.05, 4.69) is 26.1 Å². The maximum Gasteiger partial charge on any atom is 0.176 e. The second kappa shape index (κ2) is 8.15. The first-order valence-electron chi connectivity index (χ1n) is 6.98. The molecule has 0 bridgehead atoms. The fourth-order valence-corrected chi connectivity index (χ4v) is 1.77. The van der Waals surface area contributed by atoms with Crippen LogP contribution in [0.2, 0.25) is 0 Å². The number of hydrogen-bond donors (Lipinski definition) is 2. The lowest BCUT2D eigenvalue weighted by atomic mass is 9.86. The summed E-state index contributed by atoms with van der Waals surface area (Å²) < 4.78 is 5.10. The van der Waals surface area contributed by atoms with Gasteiger partial charge in [-0.05, 0) is 11.0 Å². The van der Waals surface area contributed by atoms with Gasteiger partial charge in [-0.25, -0.2) is 0 Å². The summed E-state index contributed by atoms with van der Waals surface area (Å²) in [6.45, 7) is 8.22. The van der Waals surface area contributed by atoms with Crippen LogP contribution in [-0.2, 0) is 10.2 Å². The van der Waals surface area contributed by atoms with Crippen LogP contribution in [0, 0.1) is 0 Å². The Balaban J connectivity index is 2.37. The largest absolute Gasteiger partial charge is 0.394 e. The molecule has 0 unspecified atom stereocenters. The van der Waals surface area contributed by atoms with Crippen LogP contribution in [0.15, 0.2) is 24.3 Å². The highest BCUT2D eigenvalue weighted by Gasteiger charge is 2.14. The van der Waals surface area contributed by atoms with Gasteiger partial charge in [0.2, 0.25) is 0 Å². The molecule has 0 amide bonds. The molecule has 0 aliphatic carbocycles. The van der Waals surface area contributed by atoms with Crippen LogP contribution >= 0.6 is 0 Å². The van der Waals surface area contributed by atoms with E-state index >= 15 is 0 Å². The zero-order valence-electron chi connectivity index (χ0n) is 12.6.